The Labute approximate surface area is 155 Å². The maximum Gasteiger partial charge on any atom is 0.246 e. The lowest BCUT2D eigenvalue weighted by atomic mass is 10.2. The van der Waals surface area contributed by atoms with Gasteiger partial charge in [0.1, 0.15) is 0 Å². The molecule has 5 heteroatoms. The quantitative estimate of drug-likeness (QED) is 0.919. The van der Waals surface area contributed by atoms with Gasteiger partial charge in [0.2, 0.25) is 5.91 Å². The minimum atomic E-state index is 0.123. The van der Waals surface area contributed by atoms with Crippen molar-refractivity contribution in [2.24, 2.45) is 0 Å². The number of amides is 1. The minimum absolute atomic E-state index is 0.123. The summed E-state index contributed by atoms with van der Waals surface area (Å²) < 4.78 is 0. The summed E-state index contributed by atoms with van der Waals surface area (Å²) in [6, 6.07) is 16.6. The molecular formula is C21H26N4O. The van der Waals surface area contributed by atoms with E-state index in [0.29, 0.717) is 6.54 Å². The molecule has 1 N–H and O–H groups in total. The van der Waals surface area contributed by atoms with Crippen LogP contribution in [0.5, 0.6) is 0 Å². The number of para-hydroxylation sites is 1. The lowest BCUT2D eigenvalue weighted by Crippen LogP contribution is -2.44. The smallest absolute Gasteiger partial charge is 0.246 e. The van der Waals surface area contributed by atoms with Gasteiger partial charge >= 0.3 is 0 Å². The van der Waals surface area contributed by atoms with Crippen molar-refractivity contribution >= 4 is 23.0 Å². The van der Waals surface area contributed by atoms with Crippen LogP contribution in [0.2, 0.25) is 0 Å². The van der Waals surface area contributed by atoms with Crippen LogP contribution in [0.15, 0.2) is 48.5 Å². The van der Waals surface area contributed by atoms with E-state index in [0.717, 1.165) is 50.5 Å². The predicted octanol–water partition coefficient (Wildman–Crippen LogP) is 2.44. The van der Waals surface area contributed by atoms with E-state index in [1.165, 1.54) is 11.3 Å². The van der Waals surface area contributed by atoms with E-state index in [1.807, 2.05) is 23.1 Å². The number of nitrogens with zero attached hydrogens (tertiary/aromatic N) is 3. The first-order valence-electron chi connectivity index (χ1n) is 9.36. The molecule has 136 valence electrons. The fourth-order valence-corrected chi connectivity index (χ4v) is 3.73. The fourth-order valence-electron chi connectivity index (χ4n) is 3.73. The molecule has 1 amide bonds. The summed E-state index contributed by atoms with van der Waals surface area (Å²) in [5.74, 6) is 0.123. The standard InChI is InChI=1S/C21H26N4O/c1-23-12-14-24(15-13-23)19-8-6-18(7-9-19)22-16-21(26)25-11-10-17-4-2-3-5-20(17)25/h2-9,22H,10-16H2,1H3. The summed E-state index contributed by atoms with van der Waals surface area (Å²) in [6.45, 7) is 5.44. The number of hydrogen-bond donors (Lipinski definition) is 1. The van der Waals surface area contributed by atoms with E-state index in [9.17, 15) is 4.79 Å². The van der Waals surface area contributed by atoms with Gasteiger partial charge in [0, 0.05) is 49.8 Å². The number of hydrogen-bond acceptors (Lipinski definition) is 4. The van der Waals surface area contributed by atoms with E-state index in [4.69, 9.17) is 0 Å². The van der Waals surface area contributed by atoms with Crippen molar-refractivity contribution in [3.05, 3.63) is 54.1 Å². The Morgan fingerprint density at radius 2 is 1.69 bits per heavy atom. The monoisotopic (exact) mass is 350 g/mol. The van der Waals surface area contributed by atoms with Crippen LogP contribution >= 0.6 is 0 Å². The average Bonchev–Trinajstić information content (AvgIpc) is 3.11. The number of fused-ring (bicyclic) bond motifs is 1. The van der Waals surface area contributed by atoms with E-state index >= 15 is 0 Å². The maximum atomic E-state index is 12.6. The van der Waals surface area contributed by atoms with Crippen LogP contribution in [0, 0.1) is 0 Å². The minimum Gasteiger partial charge on any atom is -0.376 e. The number of likely N-dealkylation sites (N-methyl/N-ethyl adjacent to an activating group) is 1. The van der Waals surface area contributed by atoms with Crippen molar-refractivity contribution < 1.29 is 4.79 Å². The zero-order valence-corrected chi connectivity index (χ0v) is 15.3. The van der Waals surface area contributed by atoms with Gasteiger partial charge in [-0.3, -0.25) is 4.79 Å². The molecule has 2 aliphatic rings. The zero-order valence-electron chi connectivity index (χ0n) is 15.3. The topological polar surface area (TPSA) is 38.8 Å². The third kappa shape index (κ3) is 3.53. The molecule has 1 fully saturated rings. The van der Waals surface area contributed by atoms with Crippen molar-refractivity contribution in [3.8, 4) is 0 Å². The number of carbonyl (C=O) groups is 1. The van der Waals surface area contributed by atoms with Gasteiger partial charge in [-0.05, 0) is 49.4 Å². The van der Waals surface area contributed by atoms with Crippen molar-refractivity contribution in [2.75, 3.05) is 61.4 Å². The number of benzene rings is 2. The normalized spacial score (nSPS) is 17.3. The van der Waals surface area contributed by atoms with Crippen LogP contribution in [0.4, 0.5) is 17.1 Å². The van der Waals surface area contributed by atoms with Gasteiger partial charge in [-0.2, -0.15) is 0 Å². The highest BCUT2D eigenvalue weighted by atomic mass is 16.2. The molecule has 5 nitrogen and oxygen atoms in total. The predicted molar refractivity (Wildman–Crippen MR) is 107 cm³/mol. The van der Waals surface area contributed by atoms with Crippen LogP contribution in [0.3, 0.4) is 0 Å². The second kappa shape index (κ2) is 7.38. The first-order valence-corrected chi connectivity index (χ1v) is 9.36. The molecule has 0 radical (unpaired) electrons. The molecule has 4 rings (SSSR count). The summed E-state index contributed by atoms with van der Waals surface area (Å²) in [5, 5.41) is 3.27. The Balaban J connectivity index is 1.33. The summed E-state index contributed by atoms with van der Waals surface area (Å²) in [6.07, 6.45) is 0.946. The number of rotatable bonds is 4. The lowest BCUT2D eigenvalue weighted by molar-refractivity contribution is -0.116. The molecule has 0 spiro atoms. The van der Waals surface area contributed by atoms with Crippen LogP contribution in [0.25, 0.3) is 0 Å². The lowest BCUT2D eigenvalue weighted by Gasteiger charge is -2.34. The Bertz CT molecular complexity index is 766. The maximum absolute atomic E-state index is 12.6. The molecule has 0 bridgehead atoms. The fraction of sp³-hybridized carbons (Fsp3) is 0.381. The van der Waals surface area contributed by atoms with Crippen molar-refractivity contribution in [2.45, 2.75) is 6.42 Å². The highest BCUT2D eigenvalue weighted by Gasteiger charge is 2.23. The van der Waals surface area contributed by atoms with Crippen LogP contribution in [-0.2, 0) is 11.2 Å². The van der Waals surface area contributed by atoms with E-state index in [1.54, 1.807) is 0 Å². The van der Waals surface area contributed by atoms with E-state index in [-0.39, 0.29) is 5.91 Å². The molecule has 0 unspecified atom stereocenters. The number of nitrogens with one attached hydrogen (secondary N) is 1. The van der Waals surface area contributed by atoms with Crippen LogP contribution < -0.4 is 15.1 Å². The first kappa shape index (κ1) is 16.9. The highest BCUT2D eigenvalue weighted by Crippen LogP contribution is 2.27. The van der Waals surface area contributed by atoms with Crippen LogP contribution in [0.1, 0.15) is 5.56 Å². The van der Waals surface area contributed by atoms with Gasteiger partial charge in [-0.1, -0.05) is 18.2 Å². The van der Waals surface area contributed by atoms with Gasteiger partial charge in [0.25, 0.3) is 0 Å². The molecule has 0 saturated carbocycles. The second-order valence-electron chi connectivity index (χ2n) is 7.11. The van der Waals surface area contributed by atoms with Crippen LogP contribution in [-0.4, -0.2) is 57.1 Å². The third-order valence-electron chi connectivity index (χ3n) is 5.37. The number of piperazine rings is 1. The van der Waals surface area contributed by atoms with E-state index < -0.39 is 0 Å². The van der Waals surface area contributed by atoms with Crippen molar-refractivity contribution in [1.82, 2.24) is 4.90 Å². The molecule has 2 aromatic rings. The Morgan fingerprint density at radius 3 is 2.46 bits per heavy atom. The van der Waals surface area contributed by atoms with Gasteiger partial charge in [0.05, 0.1) is 6.54 Å². The largest absolute Gasteiger partial charge is 0.376 e. The summed E-state index contributed by atoms with van der Waals surface area (Å²) in [7, 11) is 2.17. The Morgan fingerprint density at radius 1 is 0.962 bits per heavy atom. The van der Waals surface area contributed by atoms with Gasteiger partial charge in [-0.15, -0.1) is 0 Å². The molecule has 0 atom stereocenters. The van der Waals surface area contributed by atoms with Gasteiger partial charge in [0.15, 0.2) is 0 Å². The summed E-state index contributed by atoms with van der Waals surface area (Å²) in [4.78, 5) is 19.2. The molecule has 2 heterocycles. The van der Waals surface area contributed by atoms with Crippen molar-refractivity contribution in [3.63, 3.8) is 0 Å². The van der Waals surface area contributed by atoms with Crippen molar-refractivity contribution in [1.29, 1.82) is 0 Å². The number of carbonyl (C=O) groups excluding carboxylic acids is 1. The summed E-state index contributed by atoms with van der Waals surface area (Å²) >= 11 is 0. The first-order chi connectivity index (χ1) is 12.7. The molecule has 2 aliphatic heterocycles. The van der Waals surface area contributed by atoms with Gasteiger partial charge < -0.3 is 20.0 Å². The van der Waals surface area contributed by atoms with Gasteiger partial charge in [-0.25, -0.2) is 0 Å². The Kier molecular flexibility index (Phi) is 4.80. The Hall–Kier alpha value is -2.53. The molecule has 0 aliphatic carbocycles. The third-order valence-corrected chi connectivity index (χ3v) is 5.37. The number of anilines is 3. The molecule has 1 saturated heterocycles. The average molecular weight is 350 g/mol. The highest BCUT2D eigenvalue weighted by molar-refractivity contribution is 5.98. The molecule has 26 heavy (non-hydrogen) atoms. The SMILES string of the molecule is CN1CCN(c2ccc(NCC(=O)N3CCc4ccccc43)cc2)CC1. The van der Waals surface area contributed by atoms with E-state index in [2.05, 4.69) is 52.5 Å². The molecular weight excluding hydrogens is 324 g/mol. The molecule has 2 aromatic carbocycles. The molecule has 0 aromatic heterocycles. The second-order valence-corrected chi connectivity index (χ2v) is 7.11. The zero-order chi connectivity index (χ0) is 17.9. The summed E-state index contributed by atoms with van der Waals surface area (Å²) in [5.41, 5.74) is 4.56.